The lowest BCUT2D eigenvalue weighted by atomic mass is 9.59. The van der Waals surface area contributed by atoms with E-state index in [1.54, 1.807) is 13.8 Å². The standard InChI is InChI=1S/C16H34O4/c1-7-9-13(18)16(15(5,6)20,10-12(17)8-2)14(19)11(3)4/h11-14,17-20H,7-10H2,1-6H3. The second-order valence-electron chi connectivity index (χ2n) is 6.86. The highest BCUT2D eigenvalue weighted by molar-refractivity contribution is 5.04. The van der Waals surface area contributed by atoms with Crippen LogP contribution in [0.1, 0.15) is 67.2 Å². The first kappa shape index (κ1) is 19.8. The van der Waals surface area contributed by atoms with Crippen LogP contribution in [-0.2, 0) is 0 Å². The van der Waals surface area contributed by atoms with Gasteiger partial charge < -0.3 is 20.4 Å². The zero-order valence-electron chi connectivity index (χ0n) is 13.9. The maximum Gasteiger partial charge on any atom is 0.0698 e. The normalized spacial score (nSPS) is 20.6. The highest BCUT2D eigenvalue weighted by Crippen LogP contribution is 2.46. The van der Waals surface area contributed by atoms with Crippen LogP contribution in [0.25, 0.3) is 0 Å². The SMILES string of the molecule is CCCC(O)C(CC(O)CC)(C(O)C(C)C)C(C)(C)O. The van der Waals surface area contributed by atoms with E-state index >= 15 is 0 Å². The van der Waals surface area contributed by atoms with Crippen LogP contribution < -0.4 is 0 Å². The average molecular weight is 290 g/mol. The third kappa shape index (κ3) is 4.17. The van der Waals surface area contributed by atoms with Gasteiger partial charge in [-0.05, 0) is 39.0 Å². The molecule has 0 aromatic carbocycles. The summed E-state index contributed by atoms with van der Waals surface area (Å²) in [7, 11) is 0. The van der Waals surface area contributed by atoms with Crippen molar-refractivity contribution < 1.29 is 20.4 Å². The highest BCUT2D eigenvalue weighted by atomic mass is 16.3. The lowest BCUT2D eigenvalue weighted by Crippen LogP contribution is -2.61. The Morgan fingerprint density at radius 1 is 1.00 bits per heavy atom. The number of aliphatic hydroxyl groups excluding tert-OH is 3. The van der Waals surface area contributed by atoms with Gasteiger partial charge in [0, 0.05) is 0 Å². The van der Waals surface area contributed by atoms with Crippen LogP contribution in [0.2, 0.25) is 0 Å². The molecule has 0 bridgehead atoms. The molecular weight excluding hydrogens is 256 g/mol. The van der Waals surface area contributed by atoms with Crippen molar-refractivity contribution in [3.05, 3.63) is 0 Å². The summed E-state index contributed by atoms with van der Waals surface area (Å²) in [6.45, 7) is 10.8. The van der Waals surface area contributed by atoms with Gasteiger partial charge in [0.25, 0.3) is 0 Å². The summed E-state index contributed by atoms with van der Waals surface area (Å²) in [4.78, 5) is 0. The molecule has 122 valence electrons. The van der Waals surface area contributed by atoms with E-state index in [4.69, 9.17) is 0 Å². The quantitative estimate of drug-likeness (QED) is 0.524. The molecule has 4 N–H and O–H groups in total. The molecule has 0 heterocycles. The third-order valence-corrected chi connectivity index (χ3v) is 4.50. The van der Waals surface area contributed by atoms with Crippen LogP contribution >= 0.6 is 0 Å². The van der Waals surface area contributed by atoms with Crippen LogP contribution in [0.15, 0.2) is 0 Å². The Hall–Kier alpha value is -0.160. The minimum atomic E-state index is -1.29. The number of hydrogen-bond acceptors (Lipinski definition) is 4. The summed E-state index contributed by atoms with van der Waals surface area (Å²) in [6, 6.07) is 0. The van der Waals surface area contributed by atoms with Crippen molar-refractivity contribution in [3.8, 4) is 0 Å². The fraction of sp³-hybridized carbons (Fsp3) is 1.00. The van der Waals surface area contributed by atoms with Crippen molar-refractivity contribution in [1.29, 1.82) is 0 Å². The van der Waals surface area contributed by atoms with E-state index in [1.807, 2.05) is 27.7 Å². The molecule has 0 aliphatic heterocycles. The molecule has 0 fully saturated rings. The number of aliphatic hydroxyl groups is 4. The lowest BCUT2D eigenvalue weighted by Gasteiger charge is -2.52. The van der Waals surface area contributed by atoms with Crippen LogP contribution in [0.5, 0.6) is 0 Å². The third-order valence-electron chi connectivity index (χ3n) is 4.50. The Labute approximate surface area is 123 Å². The molecule has 4 atom stereocenters. The van der Waals surface area contributed by atoms with E-state index < -0.39 is 29.3 Å². The molecule has 20 heavy (non-hydrogen) atoms. The molecular formula is C16H34O4. The Morgan fingerprint density at radius 2 is 1.50 bits per heavy atom. The predicted molar refractivity (Wildman–Crippen MR) is 81.4 cm³/mol. The van der Waals surface area contributed by atoms with Crippen LogP contribution in [0.3, 0.4) is 0 Å². The maximum atomic E-state index is 10.7. The van der Waals surface area contributed by atoms with Crippen molar-refractivity contribution in [3.63, 3.8) is 0 Å². The van der Waals surface area contributed by atoms with Gasteiger partial charge in [-0.1, -0.05) is 34.1 Å². The summed E-state index contributed by atoms with van der Waals surface area (Å²) in [5, 5.41) is 42.0. The van der Waals surface area contributed by atoms with Crippen molar-refractivity contribution in [2.75, 3.05) is 0 Å². The van der Waals surface area contributed by atoms with Crippen LogP contribution in [0, 0.1) is 11.3 Å². The summed E-state index contributed by atoms with van der Waals surface area (Å²) < 4.78 is 0. The molecule has 0 amide bonds. The second kappa shape index (κ2) is 7.74. The van der Waals surface area contributed by atoms with Gasteiger partial charge in [0.05, 0.1) is 29.3 Å². The van der Waals surface area contributed by atoms with Gasteiger partial charge in [-0.15, -0.1) is 0 Å². The van der Waals surface area contributed by atoms with Crippen molar-refractivity contribution in [2.45, 2.75) is 91.1 Å². The molecule has 0 aliphatic rings. The van der Waals surface area contributed by atoms with Gasteiger partial charge in [0.15, 0.2) is 0 Å². The predicted octanol–water partition coefficient (Wildman–Crippen LogP) is 2.08. The van der Waals surface area contributed by atoms with Crippen molar-refractivity contribution in [2.24, 2.45) is 11.3 Å². The van der Waals surface area contributed by atoms with Crippen molar-refractivity contribution >= 4 is 0 Å². The first-order valence-electron chi connectivity index (χ1n) is 7.81. The van der Waals surface area contributed by atoms with E-state index in [1.165, 1.54) is 0 Å². The zero-order valence-corrected chi connectivity index (χ0v) is 13.9. The number of rotatable bonds is 9. The Morgan fingerprint density at radius 3 is 1.80 bits per heavy atom. The summed E-state index contributed by atoms with van der Waals surface area (Å²) >= 11 is 0. The molecule has 0 saturated heterocycles. The molecule has 0 radical (unpaired) electrons. The smallest absolute Gasteiger partial charge is 0.0698 e. The van der Waals surface area contributed by atoms with E-state index in [2.05, 4.69) is 0 Å². The molecule has 4 nitrogen and oxygen atoms in total. The van der Waals surface area contributed by atoms with Crippen LogP contribution in [0.4, 0.5) is 0 Å². The highest BCUT2D eigenvalue weighted by Gasteiger charge is 2.55. The molecule has 0 spiro atoms. The van der Waals surface area contributed by atoms with Crippen LogP contribution in [-0.4, -0.2) is 44.3 Å². The first-order chi connectivity index (χ1) is 9.04. The lowest BCUT2D eigenvalue weighted by molar-refractivity contribution is -0.207. The second-order valence-corrected chi connectivity index (χ2v) is 6.86. The van der Waals surface area contributed by atoms with Gasteiger partial charge in [0.2, 0.25) is 0 Å². The van der Waals surface area contributed by atoms with Crippen molar-refractivity contribution in [1.82, 2.24) is 0 Å². The molecule has 0 aromatic heterocycles. The fourth-order valence-electron chi connectivity index (χ4n) is 3.13. The summed E-state index contributed by atoms with van der Waals surface area (Å²) in [5.41, 5.74) is -2.42. The molecule has 0 aliphatic carbocycles. The Bertz CT molecular complexity index is 272. The first-order valence-corrected chi connectivity index (χ1v) is 7.81. The molecule has 4 unspecified atom stereocenters. The topological polar surface area (TPSA) is 80.9 Å². The minimum absolute atomic E-state index is 0.114. The van der Waals surface area contributed by atoms with E-state index in [0.29, 0.717) is 12.8 Å². The molecule has 0 aromatic rings. The van der Waals surface area contributed by atoms with E-state index in [9.17, 15) is 20.4 Å². The van der Waals surface area contributed by atoms with E-state index in [0.717, 1.165) is 6.42 Å². The zero-order chi connectivity index (χ0) is 16.1. The van der Waals surface area contributed by atoms with Gasteiger partial charge >= 0.3 is 0 Å². The average Bonchev–Trinajstić information content (AvgIpc) is 2.33. The van der Waals surface area contributed by atoms with E-state index in [-0.39, 0.29) is 12.3 Å². The molecule has 0 rings (SSSR count). The maximum absolute atomic E-state index is 10.7. The molecule has 4 heteroatoms. The number of hydrogen-bond donors (Lipinski definition) is 4. The van der Waals surface area contributed by atoms with Gasteiger partial charge in [-0.25, -0.2) is 0 Å². The Balaban J connectivity index is 5.76. The molecule has 0 saturated carbocycles. The summed E-state index contributed by atoms with van der Waals surface area (Å²) in [5.74, 6) is -0.114. The largest absolute Gasteiger partial charge is 0.393 e. The summed E-state index contributed by atoms with van der Waals surface area (Å²) in [6.07, 6.45) is -0.428. The monoisotopic (exact) mass is 290 g/mol. The fourth-order valence-corrected chi connectivity index (χ4v) is 3.13. The van der Waals surface area contributed by atoms with Gasteiger partial charge in [-0.3, -0.25) is 0 Å². The van der Waals surface area contributed by atoms with Gasteiger partial charge in [-0.2, -0.15) is 0 Å². The van der Waals surface area contributed by atoms with Gasteiger partial charge in [0.1, 0.15) is 0 Å². The minimum Gasteiger partial charge on any atom is -0.393 e. The Kier molecular flexibility index (Phi) is 7.67.